The lowest BCUT2D eigenvalue weighted by Gasteiger charge is -2.09. The van der Waals surface area contributed by atoms with E-state index in [0.717, 1.165) is 0 Å². The molecule has 0 fully saturated rings. The van der Waals surface area contributed by atoms with Gasteiger partial charge in [0.2, 0.25) is 5.91 Å². The Bertz CT molecular complexity index is 1050. The molecule has 0 aliphatic carbocycles. The van der Waals surface area contributed by atoms with E-state index >= 15 is 0 Å². The molecule has 1 aromatic heterocycles. The number of hydrogen-bond acceptors (Lipinski definition) is 5. The van der Waals surface area contributed by atoms with Crippen LogP contribution in [-0.4, -0.2) is 21.7 Å². The monoisotopic (exact) mass is 376 g/mol. The van der Waals surface area contributed by atoms with E-state index in [4.69, 9.17) is 5.73 Å². The van der Waals surface area contributed by atoms with Gasteiger partial charge >= 0.3 is 5.69 Å². The zero-order valence-electron chi connectivity index (χ0n) is 14.7. The van der Waals surface area contributed by atoms with Crippen LogP contribution in [0.5, 0.6) is 0 Å². The van der Waals surface area contributed by atoms with E-state index in [1.807, 2.05) is 0 Å². The Morgan fingerprint density at radius 3 is 2.50 bits per heavy atom. The number of nitrogens with two attached hydrogens (primary N) is 1. The molecule has 8 nitrogen and oxygen atoms in total. The van der Waals surface area contributed by atoms with Crippen LogP contribution in [-0.2, 0) is 6.54 Å². The minimum atomic E-state index is -0.615. The molecule has 1 heterocycles. The molecule has 2 amide bonds. The quantitative estimate of drug-likeness (QED) is 0.505. The molecule has 0 saturated carbocycles. The van der Waals surface area contributed by atoms with E-state index in [0.29, 0.717) is 16.7 Å². The second-order valence-corrected chi connectivity index (χ2v) is 5.93. The Kier molecular flexibility index (Phi) is 5.40. The normalized spacial score (nSPS) is 10.3. The molecule has 0 atom stereocenters. The Balaban J connectivity index is 1.89. The fourth-order valence-electron chi connectivity index (χ4n) is 2.74. The van der Waals surface area contributed by atoms with Crippen molar-refractivity contribution in [3.8, 4) is 11.3 Å². The first kappa shape index (κ1) is 18.7. The maximum Gasteiger partial charge on any atom is 0.308 e. The van der Waals surface area contributed by atoms with Crippen molar-refractivity contribution in [2.24, 2.45) is 5.73 Å². The lowest BCUT2D eigenvalue weighted by molar-refractivity contribution is -0.384. The molecule has 0 aliphatic heterocycles. The van der Waals surface area contributed by atoms with Crippen LogP contribution in [0.15, 0.2) is 66.9 Å². The number of benzene rings is 2. The fourth-order valence-corrected chi connectivity index (χ4v) is 2.74. The van der Waals surface area contributed by atoms with Crippen molar-refractivity contribution in [3.63, 3.8) is 0 Å². The molecule has 0 radical (unpaired) electrons. The van der Waals surface area contributed by atoms with Crippen molar-refractivity contribution in [1.29, 1.82) is 0 Å². The third kappa shape index (κ3) is 4.01. The highest BCUT2D eigenvalue weighted by Crippen LogP contribution is 2.30. The molecular weight excluding hydrogens is 360 g/mol. The molecule has 3 N–H and O–H groups in total. The van der Waals surface area contributed by atoms with Gasteiger partial charge in [0.05, 0.1) is 4.92 Å². The molecule has 0 spiro atoms. The minimum Gasteiger partial charge on any atom is -0.366 e. The summed E-state index contributed by atoms with van der Waals surface area (Å²) in [6.45, 7) is 0.0834. The third-order valence-corrected chi connectivity index (χ3v) is 4.06. The summed E-state index contributed by atoms with van der Waals surface area (Å²) in [7, 11) is 0. The average molecular weight is 376 g/mol. The van der Waals surface area contributed by atoms with Gasteiger partial charge in [-0.1, -0.05) is 42.5 Å². The van der Waals surface area contributed by atoms with E-state index in [1.54, 1.807) is 54.6 Å². The Morgan fingerprint density at radius 1 is 1.07 bits per heavy atom. The van der Waals surface area contributed by atoms with Crippen LogP contribution in [0.3, 0.4) is 0 Å². The Labute approximate surface area is 160 Å². The van der Waals surface area contributed by atoms with Gasteiger partial charge in [-0.15, -0.1) is 0 Å². The predicted octanol–water partition coefficient (Wildman–Crippen LogP) is 2.69. The van der Waals surface area contributed by atoms with Gasteiger partial charge in [0, 0.05) is 23.9 Å². The number of pyridine rings is 1. The van der Waals surface area contributed by atoms with Crippen molar-refractivity contribution >= 4 is 17.5 Å². The van der Waals surface area contributed by atoms with Crippen LogP contribution in [0.1, 0.15) is 26.3 Å². The smallest absolute Gasteiger partial charge is 0.308 e. The molecule has 0 saturated heterocycles. The standard InChI is InChI=1S/C20H16N4O4/c21-19(25)15-8-4-5-13(11-15)12-23-20(26)16-9-10-22-17(18(16)24(27)28)14-6-2-1-3-7-14/h1-11H,12H2,(H2,21,25)(H,23,26). The summed E-state index contributed by atoms with van der Waals surface area (Å²) in [5.74, 6) is -1.19. The molecule has 8 heteroatoms. The Morgan fingerprint density at radius 2 is 1.82 bits per heavy atom. The summed E-state index contributed by atoms with van der Waals surface area (Å²) in [6, 6.07) is 16.4. The summed E-state index contributed by atoms with van der Waals surface area (Å²) in [6.07, 6.45) is 1.36. The molecule has 0 aliphatic rings. The summed E-state index contributed by atoms with van der Waals surface area (Å²) in [5.41, 5.74) is 6.41. The van der Waals surface area contributed by atoms with Crippen molar-refractivity contribution in [1.82, 2.24) is 10.3 Å². The van der Waals surface area contributed by atoms with Crippen LogP contribution in [0.25, 0.3) is 11.3 Å². The number of aromatic nitrogens is 1. The predicted molar refractivity (Wildman–Crippen MR) is 102 cm³/mol. The van der Waals surface area contributed by atoms with Crippen LogP contribution < -0.4 is 11.1 Å². The zero-order valence-corrected chi connectivity index (χ0v) is 14.7. The molecule has 2 aromatic carbocycles. The molecule has 3 aromatic rings. The van der Waals surface area contributed by atoms with Crippen molar-refractivity contribution in [3.05, 3.63) is 93.7 Å². The second kappa shape index (κ2) is 8.09. The number of rotatable bonds is 6. The number of nitrogens with one attached hydrogen (secondary N) is 1. The maximum absolute atomic E-state index is 12.6. The number of amides is 2. The number of hydrogen-bond donors (Lipinski definition) is 2. The number of carbonyl (C=O) groups is 2. The highest BCUT2D eigenvalue weighted by atomic mass is 16.6. The van der Waals surface area contributed by atoms with Gasteiger partial charge in [0.15, 0.2) is 0 Å². The number of nitro groups is 1. The summed E-state index contributed by atoms with van der Waals surface area (Å²) >= 11 is 0. The van der Waals surface area contributed by atoms with Gasteiger partial charge < -0.3 is 11.1 Å². The molecule has 28 heavy (non-hydrogen) atoms. The summed E-state index contributed by atoms with van der Waals surface area (Å²) in [5, 5.41) is 14.3. The molecular formula is C20H16N4O4. The fraction of sp³-hybridized carbons (Fsp3) is 0.0500. The molecule has 140 valence electrons. The first-order valence-electron chi connectivity index (χ1n) is 8.33. The Hall–Kier alpha value is -4.07. The van der Waals surface area contributed by atoms with Gasteiger partial charge in [-0.25, -0.2) is 4.98 Å². The number of carbonyl (C=O) groups excluding carboxylic acids is 2. The van der Waals surface area contributed by atoms with E-state index in [9.17, 15) is 19.7 Å². The lowest BCUT2D eigenvalue weighted by atomic mass is 10.1. The SMILES string of the molecule is NC(=O)c1cccc(CNC(=O)c2ccnc(-c3ccccc3)c2[N+](=O)[O-])c1. The minimum absolute atomic E-state index is 0.0834. The maximum atomic E-state index is 12.6. The second-order valence-electron chi connectivity index (χ2n) is 5.93. The average Bonchev–Trinajstić information content (AvgIpc) is 2.72. The molecule has 0 bridgehead atoms. The summed E-state index contributed by atoms with van der Waals surface area (Å²) in [4.78, 5) is 39.0. The third-order valence-electron chi connectivity index (χ3n) is 4.06. The van der Waals surface area contributed by atoms with Crippen molar-refractivity contribution in [2.75, 3.05) is 0 Å². The first-order valence-corrected chi connectivity index (χ1v) is 8.33. The zero-order chi connectivity index (χ0) is 20.1. The number of nitrogens with zero attached hydrogens (tertiary/aromatic N) is 2. The summed E-state index contributed by atoms with van der Waals surface area (Å²) < 4.78 is 0. The van der Waals surface area contributed by atoms with Gasteiger partial charge in [0.1, 0.15) is 11.3 Å². The van der Waals surface area contributed by atoms with Crippen LogP contribution >= 0.6 is 0 Å². The molecule has 0 unspecified atom stereocenters. The van der Waals surface area contributed by atoms with E-state index in [1.165, 1.54) is 12.3 Å². The van der Waals surface area contributed by atoms with Gasteiger partial charge in [-0.2, -0.15) is 0 Å². The highest BCUT2D eigenvalue weighted by Gasteiger charge is 2.26. The van der Waals surface area contributed by atoms with Gasteiger partial charge in [0.25, 0.3) is 5.91 Å². The van der Waals surface area contributed by atoms with Gasteiger partial charge in [-0.3, -0.25) is 19.7 Å². The molecule has 3 rings (SSSR count). The van der Waals surface area contributed by atoms with E-state index < -0.39 is 16.7 Å². The lowest BCUT2D eigenvalue weighted by Crippen LogP contribution is -2.24. The van der Waals surface area contributed by atoms with Crippen molar-refractivity contribution in [2.45, 2.75) is 6.54 Å². The van der Waals surface area contributed by atoms with Crippen LogP contribution in [0.2, 0.25) is 0 Å². The largest absolute Gasteiger partial charge is 0.366 e. The van der Waals surface area contributed by atoms with E-state index in [2.05, 4.69) is 10.3 Å². The van der Waals surface area contributed by atoms with Gasteiger partial charge in [-0.05, 0) is 23.8 Å². The van der Waals surface area contributed by atoms with Crippen LogP contribution in [0, 0.1) is 10.1 Å². The first-order chi connectivity index (χ1) is 13.5. The topological polar surface area (TPSA) is 128 Å². The highest BCUT2D eigenvalue weighted by molar-refractivity contribution is 6.00. The van der Waals surface area contributed by atoms with Crippen molar-refractivity contribution < 1.29 is 14.5 Å². The van der Waals surface area contributed by atoms with E-state index in [-0.39, 0.29) is 23.5 Å². The van der Waals surface area contributed by atoms with Crippen LogP contribution in [0.4, 0.5) is 5.69 Å². The number of primary amides is 1.